The number of rotatable bonds is 6. The molecule has 7 nitrogen and oxygen atoms in total. The fourth-order valence-corrected chi connectivity index (χ4v) is 1.96. The number of pyridine rings is 1. The van der Waals surface area contributed by atoms with Gasteiger partial charge >= 0.3 is 0 Å². The fourth-order valence-electron chi connectivity index (χ4n) is 1.96. The number of carbonyl (C=O) groups is 1. The highest BCUT2D eigenvalue weighted by molar-refractivity contribution is 6.06. The first-order valence-electron chi connectivity index (χ1n) is 7.40. The highest BCUT2D eigenvalue weighted by Gasteiger charge is 2.11. The second-order valence-corrected chi connectivity index (χ2v) is 5.06. The zero-order chi connectivity index (χ0) is 18.2. The smallest absolute Gasteiger partial charge is 0.267 e. The van der Waals surface area contributed by atoms with Crippen LogP contribution in [0.15, 0.2) is 48.3 Å². The molecule has 2 aromatic rings. The Hall–Kier alpha value is -3.53. The number of carbonyl (C=O) groups excluding carboxylic acids is 1. The number of aryl methyl sites for hydroxylation is 1. The van der Waals surface area contributed by atoms with Crippen molar-refractivity contribution in [3.05, 3.63) is 53.9 Å². The van der Waals surface area contributed by atoms with E-state index in [0.717, 1.165) is 5.56 Å². The van der Waals surface area contributed by atoms with Crippen molar-refractivity contribution in [2.24, 2.45) is 0 Å². The molecule has 0 atom stereocenters. The second kappa shape index (κ2) is 8.36. The molecular formula is C18H18N4O3. The first-order chi connectivity index (χ1) is 12.1. The largest absolute Gasteiger partial charge is 0.493 e. The lowest BCUT2D eigenvalue weighted by Crippen LogP contribution is -2.14. The molecule has 0 unspecified atom stereocenters. The Morgan fingerprint density at radius 3 is 2.56 bits per heavy atom. The molecule has 2 rings (SSSR count). The Bertz CT molecular complexity index is 823. The van der Waals surface area contributed by atoms with Gasteiger partial charge in [-0.15, -0.1) is 0 Å². The Morgan fingerprint density at radius 1 is 1.20 bits per heavy atom. The lowest BCUT2D eigenvalue weighted by molar-refractivity contribution is -0.112. The third-order valence-corrected chi connectivity index (χ3v) is 3.28. The lowest BCUT2D eigenvalue weighted by atomic mass is 10.2. The van der Waals surface area contributed by atoms with Crippen molar-refractivity contribution in [2.75, 3.05) is 24.9 Å². The van der Waals surface area contributed by atoms with Crippen molar-refractivity contribution < 1.29 is 14.3 Å². The summed E-state index contributed by atoms with van der Waals surface area (Å²) in [6, 6.07) is 10.4. The summed E-state index contributed by atoms with van der Waals surface area (Å²) in [6.07, 6.45) is 3.00. The monoisotopic (exact) mass is 338 g/mol. The molecule has 0 saturated carbocycles. The summed E-state index contributed by atoms with van der Waals surface area (Å²) in [5.74, 6) is 1.01. The van der Waals surface area contributed by atoms with Gasteiger partial charge < -0.3 is 20.1 Å². The Labute approximate surface area is 145 Å². The third-order valence-electron chi connectivity index (χ3n) is 3.28. The number of nitrogens with one attached hydrogen (secondary N) is 2. The number of anilines is 2. The molecule has 0 saturated heterocycles. The molecule has 0 fully saturated rings. The van der Waals surface area contributed by atoms with Crippen LogP contribution in [0.25, 0.3) is 0 Å². The van der Waals surface area contributed by atoms with Crippen LogP contribution in [0.5, 0.6) is 11.5 Å². The molecule has 0 aliphatic heterocycles. The molecule has 128 valence electrons. The molecule has 0 spiro atoms. The molecule has 0 bridgehead atoms. The van der Waals surface area contributed by atoms with E-state index in [-0.39, 0.29) is 5.57 Å². The van der Waals surface area contributed by atoms with Gasteiger partial charge in [0.15, 0.2) is 11.5 Å². The van der Waals surface area contributed by atoms with Gasteiger partial charge in [-0.25, -0.2) is 4.98 Å². The van der Waals surface area contributed by atoms with E-state index in [9.17, 15) is 10.1 Å². The Kier molecular flexibility index (Phi) is 5.96. The predicted octanol–water partition coefficient (Wildman–Crippen LogP) is 2.87. The van der Waals surface area contributed by atoms with Gasteiger partial charge in [-0.3, -0.25) is 4.79 Å². The standard InChI is InChI=1S/C18H18N4O3/c1-12-4-7-17(20-10-12)21-11-13(9-19)18(23)22-14-5-6-15(24-2)16(8-14)25-3/h4-8,10-11H,1-3H3,(H,20,21)(H,22,23)/b13-11-. The van der Waals surface area contributed by atoms with Crippen LogP contribution in [0, 0.1) is 18.3 Å². The minimum atomic E-state index is -0.547. The SMILES string of the molecule is COc1ccc(NC(=O)/C(C#N)=C\Nc2ccc(C)cn2)cc1OC. The summed E-state index contributed by atoms with van der Waals surface area (Å²) in [5.41, 5.74) is 1.41. The van der Waals surface area contributed by atoms with Gasteiger partial charge in [-0.05, 0) is 30.7 Å². The van der Waals surface area contributed by atoms with Crippen molar-refractivity contribution in [3.63, 3.8) is 0 Å². The van der Waals surface area contributed by atoms with Crippen LogP contribution in [0.3, 0.4) is 0 Å². The van der Waals surface area contributed by atoms with Gasteiger partial charge in [-0.1, -0.05) is 6.07 Å². The quantitative estimate of drug-likeness (QED) is 0.621. The molecule has 7 heteroatoms. The molecule has 1 heterocycles. The van der Waals surface area contributed by atoms with Crippen molar-refractivity contribution in [1.82, 2.24) is 4.98 Å². The van der Waals surface area contributed by atoms with Crippen molar-refractivity contribution in [1.29, 1.82) is 5.26 Å². The number of ether oxygens (including phenoxy) is 2. The van der Waals surface area contributed by atoms with Crippen LogP contribution in [0.2, 0.25) is 0 Å². The minimum Gasteiger partial charge on any atom is -0.493 e. The number of hydrogen-bond donors (Lipinski definition) is 2. The predicted molar refractivity (Wildman–Crippen MR) is 94.5 cm³/mol. The molecule has 25 heavy (non-hydrogen) atoms. The van der Waals surface area contributed by atoms with Gasteiger partial charge in [-0.2, -0.15) is 5.26 Å². The summed E-state index contributed by atoms with van der Waals surface area (Å²) in [7, 11) is 3.03. The maximum atomic E-state index is 12.2. The maximum absolute atomic E-state index is 12.2. The number of aromatic nitrogens is 1. The van der Waals surface area contributed by atoms with E-state index in [1.807, 2.05) is 19.1 Å². The van der Waals surface area contributed by atoms with Crippen LogP contribution >= 0.6 is 0 Å². The normalized spacial score (nSPS) is 10.6. The summed E-state index contributed by atoms with van der Waals surface area (Å²) >= 11 is 0. The first-order valence-corrected chi connectivity index (χ1v) is 7.40. The van der Waals surface area contributed by atoms with E-state index in [0.29, 0.717) is 23.0 Å². The van der Waals surface area contributed by atoms with Crippen LogP contribution < -0.4 is 20.1 Å². The van der Waals surface area contributed by atoms with Crippen LogP contribution in [0.1, 0.15) is 5.56 Å². The van der Waals surface area contributed by atoms with Gasteiger partial charge in [0.2, 0.25) is 0 Å². The van der Waals surface area contributed by atoms with Gasteiger partial charge in [0.1, 0.15) is 17.5 Å². The molecule has 2 N–H and O–H groups in total. The third kappa shape index (κ3) is 4.72. The first kappa shape index (κ1) is 17.8. The number of hydrogen-bond acceptors (Lipinski definition) is 6. The van der Waals surface area contributed by atoms with Gasteiger partial charge in [0.05, 0.1) is 14.2 Å². The minimum absolute atomic E-state index is 0.0860. The average Bonchev–Trinajstić information content (AvgIpc) is 2.63. The zero-order valence-corrected chi connectivity index (χ0v) is 14.2. The van der Waals surface area contributed by atoms with Crippen molar-refractivity contribution >= 4 is 17.4 Å². The van der Waals surface area contributed by atoms with E-state index in [2.05, 4.69) is 15.6 Å². The maximum Gasteiger partial charge on any atom is 0.267 e. The van der Waals surface area contributed by atoms with Crippen LogP contribution in [0.4, 0.5) is 11.5 Å². The molecule has 1 aromatic heterocycles. The van der Waals surface area contributed by atoms with Crippen molar-refractivity contribution in [2.45, 2.75) is 6.92 Å². The summed E-state index contributed by atoms with van der Waals surface area (Å²) in [4.78, 5) is 16.4. The summed E-state index contributed by atoms with van der Waals surface area (Å²) in [6.45, 7) is 1.92. The molecule has 1 amide bonds. The summed E-state index contributed by atoms with van der Waals surface area (Å²) in [5, 5.41) is 14.7. The molecule has 0 aliphatic carbocycles. The Balaban J connectivity index is 2.10. The van der Waals surface area contributed by atoms with Crippen LogP contribution in [-0.4, -0.2) is 25.1 Å². The molecule has 1 aromatic carbocycles. The van der Waals surface area contributed by atoms with Crippen LogP contribution in [-0.2, 0) is 4.79 Å². The Morgan fingerprint density at radius 2 is 1.96 bits per heavy atom. The van der Waals surface area contributed by atoms with E-state index < -0.39 is 5.91 Å². The fraction of sp³-hybridized carbons (Fsp3) is 0.167. The topological polar surface area (TPSA) is 96.3 Å². The zero-order valence-electron chi connectivity index (χ0n) is 14.2. The highest BCUT2D eigenvalue weighted by Crippen LogP contribution is 2.29. The van der Waals surface area contributed by atoms with Gasteiger partial charge in [0.25, 0.3) is 5.91 Å². The molecule has 0 aliphatic rings. The average molecular weight is 338 g/mol. The van der Waals surface area contributed by atoms with E-state index >= 15 is 0 Å². The van der Waals surface area contributed by atoms with Gasteiger partial charge in [0, 0.05) is 24.2 Å². The lowest BCUT2D eigenvalue weighted by Gasteiger charge is -2.10. The highest BCUT2D eigenvalue weighted by atomic mass is 16.5. The second-order valence-electron chi connectivity index (χ2n) is 5.06. The van der Waals surface area contributed by atoms with E-state index in [1.165, 1.54) is 20.4 Å². The number of amides is 1. The number of benzene rings is 1. The molecule has 0 radical (unpaired) electrons. The number of nitriles is 1. The number of methoxy groups -OCH3 is 2. The van der Waals surface area contributed by atoms with Crippen molar-refractivity contribution in [3.8, 4) is 17.6 Å². The van der Waals surface area contributed by atoms with E-state index in [4.69, 9.17) is 9.47 Å². The van der Waals surface area contributed by atoms with E-state index in [1.54, 1.807) is 30.5 Å². The molecular weight excluding hydrogens is 320 g/mol. The number of nitrogens with zero attached hydrogens (tertiary/aromatic N) is 2. The summed E-state index contributed by atoms with van der Waals surface area (Å²) < 4.78 is 10.3.